The van der Waals surface area contributed by atoms with E-state index < -0.39 is 15.9 Å². The van der Waals surface area contributed by atoms with Crippen LogP contribution in [0.2, 0.25) is 0 Å². The van der Waals surface area contributed by atoms with Crippen LogP contribution in [0.15, 0.2) is 47.4 Å². The van der Waals surface area contributed by atoms with Gasteiger partial charge in [0.1, 0.15) is 16.4 Å². The molecule has 8 heteroatoms. The van der Waals surface area contributed by atoms with Gasteiger partial charge in [0.15, 0.2) is 0 Å². The molecule has 2 aromatic carbocycles. The molecule has 2 aromatic rings. The summed E-state index contributed by atoms with van der Waals surface area (Å²) in [6.07, 6.45) is 0. The number of ether oxygens (including phenoxy) is 2. The molecule has 0 spiro atoms. The smallest absolute Gasteiger partial charge is 0.255 e. The standard InChI is InChI=1S/C19H24N2O5S/c1-4-20-27(23,24)18-13-14(11-12-17(18)26-6-3)19(22)21-15-9-7-8-10-16(15)25-5-2/h7-13,20H,4-6H2,1-3H3,(H,21,22). The van der Waals surface area contributed by atoms with E-state index in [1.807, 2.05) is 6.92 Å². The van der Waals surface area contributed by atoms with Crippen LogP contribution in [0.1, 0.15) is 31.1 Å². The number of para-hydroxylation sites is 2. The maximum absolute atomic E-state index is 12.7. The molecule has 7 nitrogen and oxygen atoms in total. The molecule has 0 bridgehead atoms. The van der Waals surface area contributed by atoms with Gasteiger partial charge in [-0.2, -0.15) is 0 Å². The van der Waals surface area contributed by atoms with Gasteiger partial charge in [-0.25, -0.2) is 13.1 Å². The van der Waals surface area contributed by atoms with Crippen molar-refractivity contribution in [3.05, 3.63) is 48.0 Å². The molecular formula is C19H24N2O5S. The number of anilines is 1. The van der Waals surface area contributed by atoms with Crippen molar-refractivity contribution in [1.82, 2.24) is 4.72 Å². The summed E-state index contributed by atoms with van der Waals surface area (Å²) in [4.78, 5) is 12.6. The second kappa shape index (κ2) is 9.38. The topological polar surface area (TPSA) is 93.7 Å². The first-order valence-electron chi connectivity index (χ1n) is 8.72. The molecule has 2 N–H and O–H groups in total. The lowest BCUT2D eigenvalue weighted by Gasteiger charge is -2.14. The normalized spacial score (nSPS) is 11.1. The summed E-state index contributed by atoms with van der Waals surface area (Å²) in [6, 6.07) is 11.4. The minimum absolute atomic E-state index is 0.0723. The molecule has 0 atom stereocenters. The van der Waals surface area contributed by atoms with E-state index in [-0.39, 0.29) is 22.8 Å². The fraction of sp³-hybridized carbons (Fsp3) is 0.316. The largest absolute Gasteiger partial charge is 0.492 e. The lowest BCUT2D eigenvalue weighted by atomic mass is 10.2. The minimum atomic E-state index is -3.79. The fourth-order valence-electron chi connectivity index (χ4n) is 2.45. The highest BCUT2D eigenvalue weighted by Gasteiger charge is 2.21. The van der Waals surface area contributed by atoms with Crippen molar-refractivity contribution in [1.29, 1.82) is 0 Å². The maximum atomic E-state index is 12.7. The number of sulfonamides is 1. The molecule has 146 valence electrons. The lowest BCUT2D eigenvalue weighted by Crippen LogP contribution is -2.24. The van der Waals surface area contributed by atoms with Crippen LogP contribution in [-0.2, 0) is 10.0 Å². The molecule has 2 rings (SSSR count). The van der Waals surface area contributed by atoms with Gasteiger partial charge in [-0.05, 0) is 44.2 Å². The van der Waals surface area contributed by atoms with Gasteiger partial charge in [0, 0.05) is 12.1 Å². The van der Waals surface area contributed by atoms with Crippen LogP contribution in [0.4, 0.5) is 5.69 Å². The average molecular weight is 392 g/mol. The molecule has 1 amide bonds. The van der Waals surface area contributed by atoms with Gasteiger partial charge in [-0.3, -0.25) is 4.79 Å². The van der Waals surface area contributed by atoms with Gasteiger partial charge in [0.05, 0.1) is 18.9 Å². The zero-order valence-corrected chi connectivity index (χ0v) is 16.4. The third-order valence-corrected chi connectivity index (χ3v) is 5.13. The summed E-state index contributed by atoms with van der Waals surface area (Å²) in [7, 11) is -3.79. The molecule has 0 saturated carbocycles. The fourth-order valence-corrected chi connectivity index (χ4v) is 3.66. The molecule has 0 heterocycles. The van der Waals surface area contributed by atoms with Crippen molar-refractivity contribution in [3.63, 3.8) is 0 Å². The number of rotatable bonds is 9. The Labute approximate surface area is 159 Å². The van der Waals surface area contributed by atoms with Crippen LogP contribution < -0.4 is 19.5 Å². The number of nitrogens with one attached hydrogen (secondary N) is 2. The van der Waals surface area contributed by atoms with Gasteiger partial charge < -0.3 is 14.8 Å². The van der Waals surface area contributed by atoms with Crippen LogP contribution >= 0.6 is 0 Å². The Morgan fingerprint density at radius 2 is 1.63 bits per heavy atom. The Balaban J connectivity index is 2.37. The SMILES string of the molecule is CCNS(=O)(=O)c1cc(C(=O)Nc2ccccc2OCC)ccc1OCC. The molecular weight excluding hydrogens is 368 g/mol. The van der Waals surface area contributed by atoms with Crippen LogP contribution in [0.5, 0.6) is 11.5 Å². The van der Waals surface area contributed by atoms with Crippen molar-refractivity contribution < 1.29 is 22.7 Å². The summed E-state index contributed by atoms with van der Waals surface area (Å²) in [5.74, 6) is 0.294. The summed E-state index contributed by atoms with van der Waals surface area (Å²) in [5, 5.41) is 2.75. The van der Waals surface area contributed by atoms with Crippen molar-refractivity contribution >= 4 is 21.6 Å². The van der Waals surface area contributed by atoms with Crippen LogP contribution in [0, 0.1) is 0 Å². The van der Waals surface area contributed by atoms with Crippen LogP contribution in [0.25, 0.3) is 0 Å². The van der Waals surface area contributed by atoms with Gasteiger partial charge in [0.25, 0.3) is 5.91 Å². The number of hydrogen-bond donors (Lipinski definition) is 2. The maximum Gasteiger partial charge on any atom is 0.255 e. The summed E-state index contributed by atoms with van der Waals surface area (Å²) in [5.41, 5.74) is 0.704. The molecule has 0 unspecified atom stereocenters. The summed E-state index contributed by atoms with van der Waals surface area (Å²) >= 11 is 0. The number of benzene rings is 2. The number of amides is 1. The number of carbonyl (C=O) groups excluding carboxylic acids is 1. The second-order valence-corrected chi connectivity index (χ2v) is 7.21. The molecule has 0 aliphatic rings. The summed E-state index contributed by atoms with van der Waals surface area (Å²) < 4.78 is 38.2. The Morgan fingerprint density at radius 1 is 0.963 bits per heavy atom. The van der Waals surface area contributed by atoms with Gasteiger partial charge in [0.2, 0.25) is 10.0 Å². The predicted octanol–water partition coefficient (Wildman–Crippen LogP) is 3.03. The Hall–Kier alpha value is -2.58. The molecule has 0 aromatic heterocycles. The number of carbonyl (C=O) groups is 1. The Kier molecular flexibility index (Phi) is 7.20. The third-order valence-electron chi connectivity index (χ3n) is 3.56. The molecule has 0 aliphatic heterocycles. The molecule has 0 aliphatic carbocycles. The van der Waals surface area contributed by atoms with E-state index >= 15 is 0 Å². The lowest BCUT2D eigenvalue weighted by molar-refractivity contribution is 0.102. The first kappa shape index (κ1) is 20.7. The van der Waals surface area contributed by atoms with Crippen molar-refractivity contribution in [2.24, 2.45) is 0 Å². The van der Waals surface area contributed by atoms with Crippen molar-refractivity contribution in [2.75, 3.05) is 25.1 Å². The van der Waals surface area contributed by atoms with E-state index in [0.717, 1.165) is 0 Å². The Morgan fingerprint density at radius 3 is 2.30 bits per heavy atom. The van der Waals surface area contributed by atoms with Gasteiger partial charge in [-0.15, -0.1) is 0 Å². The highest BCUT2D eigenvalue weighted by Crippen LogP contribution is 2.27. The van der Waals surface area contributed by atoms with E-state index in [1.165, 1.54) is 18.2 Å². The molecule has 0 saturated heterocycles. The predicted molar refractivity (Wildman–Crippen MR) is 104 cm³/mol. The van der Waals surface area contributed by atoms with Crippen molar-refractivity contribution in [2.45, 2.75) is 25.7 Å². The zero-order valence-electron chi connectivity index (χ0n) is 15.6. The monoisotopic (exact) mass is 392 g/mol. The highest BCUT2D eigenvalue weighted by atomic mass is 32.2. The van der Waals surface area contributed by atoms with E-state index in [1.54, 1.807) is 38.1 Å². The van der Waals surface area contributed by atoms with E-state index in [2.05, 4.69) is 10.0 Å². The van der Waals surface area contributed by atoms with Gasteiger partial charge in [-0.1, -0.05) is 19.1 Å². The van der Waals surface area contributed by atoms with E-state index in [4.69, 9.17) is 9.47 Å². The van der Waals surface area contributed by atoms with Crippen LogP contribution in [0.3, 0.4) is 0 Å². The minimum Gasteiger partial charge on any atom is -0.492 e. The Bertz CT molecular complexity index is 897. The van der Waals surface area contributed by atoms with Crippen LogP contribution in [-0.4, -0.2) is 34.1 Å². The molecule has 0 fully saturated rings. The average Bonchev–Trinajstić information content (AvgIpc) is 2.64. The van der Waals surface area contributed by atoms with Gasteiger partial charge >= 0.3 is 0 Å². The number of hydrogen-bond acceptors (Lipinski definition) is 5. The first-order valence-corrected chi connectivity index (χ1v) is 10.2. The highest BCUT2D eigenvalue weighted by molar-refractivity contribution is 7.89. The van der Waals surface area contributed by atoms with Crippen molar-refractivity contribution in [3.8, 4) is 11.5 Å². The quantitative estimate of drug-likeness (QED) is 0.684. The van der Waals surface area contributed by atoms with E-state index in [9.17, 15) is 13.2 Å². The first-order chi connectivity index (χ1) is 12.9. The molecule has 0 radical (unpaired) electrons. The third kappa shape index (κ3) is 5.21. The molecule has 27 heavy (non-hydrogen) atoms. The van der Waals surface area contributed by atoms with E-state index in [0.29, 0.717) is 24.7 Å². The zero-order chi connectivity index (χ0) is 19.9. The second-order valence-electron chi connectivity index (χ2n) is 5.48. The summed E-state index contributed by atoms with van der Waals surface area (Å²) in [6.45, 7) is 6.28.